The second-order valence-corrected chi connectivity index (χ2v) is 7.16. The van der Waals surface area contributed by atoms with E-state index in [0.29, 0.717) is 30.6 Å². The monoisotopic (exact) mass is 386 g/mol. The van der Waals surface area contributed by atoms with E-state index in [-0.39, 0.29) is 36.8 Å². The molecule has 0 bridgehead atoms. The second kappa shape index (κ2) is 10.2. The van der Waals surface area contributed by atoms with Gasteiger partial charge in [-0.3, -0.25) is 4.79 Å². The molecule has 5 heteroatoms. The fraction of sp³-hybridized carbons (Fsp3) is 0.435. The van der Waals surface area contributed by atoms with Crippen LogP contribution in [0.3, 0.4) is 0 Å². The molecule has 0 aliphatic rings. The van der Waals surface area contributed by atoms with Crippen LogP contribution in [0.5, 0.6) is 11.5 Å². The van der Waals surface area contributed by atoms with Crippen LogP contribution < -0.4 is 4.74 Å². The van der Waals surface area contributed by atoms with E-state index in [0.717, 1.165) is 16.7 Å². The van der Waals surface area contributed by atoms with Crippen molar-refractivity contribution in [2.24, 2.45) is 5.92 Å². The molecule has 2 rings (SSSR count). The Morgan fingerprint density at radius 2 is 1.54 bits per heavy atom. The number of esters is 1. The molecule has 0 amide bonds. The van der Waals surface area contributed by atoms with Gasteiger partial charge in [0.2, 0.25) is 0 Å². The molecule has 0 spiro atoms. The van der Waals surface area contributed by atoms with E-state index in [4.69, 9.17) is 4.74 Å². The van der Waals surface area contributed by atoms with Crippen LogP contribution in [0.1, 0.15) is 55.4 Å². The average molecular weight is 386 g/mol. The SMILES string of the molecule is CCC(C)C(=O)Oc1ccc(CCO)cc1C(C)c1cc(CCO)ccc1O. The molecule has 3 N–H and O–H groups in total. The molecule has 2 atom stereocenters. The number of benzene rings is 2. The maximum absolute atomic E-state index is 12.3. The Morgan fingerprint density at radius 1 is 0.964 bits per heavy atom. The summed E-state index contributed by atoms with van der Waals surface area (Å²) >= 11 is 0. The fourth-order valence-corrected chi connectivity index (χ4v) is 3.09. The molecule has 2 aromatic carbocycles. The summed E-state index contributed by atoms with van der Waals surface area (Å²) in [6.45, 7) is 5.76. The summed E-state index contributed by atoms with van der Waals surface area (Å²) in [5.41, 5.74) is 3.33. The predicted molar refractivity (Wildman–Crippen MR) is 109 cm³/mol. The standard InChI is InChI=1S/C23H30O5/c1-4-15(2)23(27)28-22-8-6-18(10-12-25)14-20(22)16(3)19-13-17(9-11-24)5-7-21(19)26/h5-8,13-16,24-26H,4,9-12H2,1-3H3. The highest BCUT2D eigenvalue weighted by atomic mass is 16.5. The number of hydrogen-bond donors (Lipinski definition) is 3. The van der Waals surface area contributed by atoms with Gasteiger partial charge in [-0.1, -0.05) is 45.0 Å². The summed E-state index contributed by atoms with van der Waals surface area (Å²) in [5.74, 6) is -0.116. The first-order chi connectivity index (χ1) is 13.4. The topological polar surface area (TPSA) is 87.0 Å². The average Bonchev–Trinajstić information content (AvgIpc) is 2.69. The number of hydrogen-bond acceptors (Lipinski definition) is 5. The molecule has 0 aromatic heterocycles. The lowest BCUT2D eigenvalue weighted by molar-refractivity contribution is -0.138. The van der Waals surface area contributed by atoms with Gasteiger partial charge in [0.1, 0.15) is 11.5 Å². The minimum Gasteiger partial charge on any atom is -0.508 e. The Hall–Kier alpha value is -2.37. The number of rotatable bonds is 9. The van der Waals surface area contributed by atoms with Crippen LogP contribution in [-0.4, -0.2) is 34.5 Å². The number of ether oxygens (including phenoxy) is 1. The molecule has 0 saturated carbocycles. The smallest absolute Gasteiger partial charge is 0.314 e. The van der Waals surface area contributed by atoms with Crippen LogP contribution in [0.25, 0.3) is 0 Å². The maximum Gasteiger partial charge on any atom is 0.314 e. The molecule has 0 radical (unpaired) electrons. The van der Waals surface area contributed by atoms with Gasteiger partial charge in [-0.2, -0.15) is 0 Å². The predicted octanol–water partition coefficient (Wildman–Crippen LogP) is 3.57. The van der Waals surface area contributed by atoms with E-state index in [9.17, 15) is 20.1 Å². The molecule has 0 aliphatic carbocycles. The molecule has 0 aliphatic heterocycles. The summed E-state index contributed by atoms with van der Waals surface area (Å²) < 4.78 is 5.67. The van der Waals surface area contributed by atoms with Crippen LogP contribution in [0.15, 0.2) is 36.4 Å². The van der Waals surface area contributed by atoms with E-state index in [1.807, 2.05) is 39.0 Å². The number of aliphatic hydroxyl groups is 2. The first-order valence-corrected chi connectivity index (χ1v) is 9.79. The van der Waals surface area contributed by atoms with Gasteiger partial charge in [0.05, 0.1) is 5.92 Å². The molecular weight excluding hydrogens is 356 g/mol. The molecule has 152 valence electrons. The molecular formula is C23H30O5. The second-order valence-electron chi connectivity index (χ2n) is 7.16. The van der Waals surface area contributed by atoms with E-state index >= 15 is 0 Å². The van der Waals surface area contributed by atoms with Crippen molar-refractivity contribution in [2.45, 2.75) is 46.0 Å². The van der Waals surface area contributed by atoms with E-state index in [2.05, 4.69) is 0 Å². The Bertz CT molecular complexity index is 800. The van der Waals surface area contributed by atoms with Crippen LogP contribution >= 0.6 is 0 Å². The van der Waals surface area contributed by atoms with Crippen molar-refractivity contribution in [3.8, 4) is 11.5 Å². The maximum atomic E-state index is 12.3. The first-order valence-electron chi connectivity index (χ1n) is 9.79. The number of carbonyl (C=O) groups is 1. The normalized spacial score (nSPS) is 13.2. The molecule has 0 heterocycles. The zero-order chi connectivity index (χ0) is 20.7. The Labute approximate surface area is 166 Å². The van der Waals surface area contributed by atoms with Crippen molar-refractivity contribution in [1.82, 2.24) is 0 Å². The summed E-state index contributed by atoms with van der Waals surface area (Å²) in [5, 5.41) is 28.9. The number of aromatic hydroxyl groups is 1. The lowest BCUT2D eigenvalue weighted by atomic mass is 9.89. The minimum absolute atomic E-state index is 0.0249. The summed E-state index contributed by atoms with van der Waals surface area (Å²) in [4.78, 5) is 12.3. The number of aliphatic hydroxyl groups excluding tert-OH is 2. The molecule has 2 aromatic rings. The Morgan fingerprint density at radius 3 is 2.11 bits per heavy atom. The molecule has 0 fully saturated rings. The highest BCUT2D eigenvalue weighted by Crippen LogP contribution is 2.37. The molecule has 2 unspecified atom stereocenters. The van der Waals surface area contributed by atoms with Gasteiger partial charge in [0, 0.05) is 30.3 Å². The minimum atomic E-state index is -0.288. The summed E-state index contributed by atoms with van der Waals surface area (Å²) in [6, 6.07) is 10.8. The lowest BCUT2D eigenvalue weighted by Gasteiger charge is -2.20. The third-order valence-corrected chi connectivity index (χ3v) is 5.13. The van der Waals surface area contributed by atoms with Crippen molar-refractivity contribution >= 4 is 5.97 Å². The third-order valence-electron chi connectivity index (χ3n) is 5.13. The van der Waals surface area contributed by atoms with Crippen LogP contribution in [-0.2, 0) is 17.6 Å². The Balaban J connectivity index is 2.47. The zero-order valence-electron chi connectivity index (χ0n) is 16.8. The van der Waals surface area contributed by atoms with Crippen LogP contribution in [0.4, 0.5) is 0 Å². The quantitative estimate of drug-likeness (QED) is 0.453. The molecule has 0 saturated heterocycles. The molecule has 5 nitrogen and oxygen atoms in total. The van der Waals surface area contributed by atoms with E-state index in [1.165, 1.54) is 0 Å². The van der Waals surface area contributed by atoms with Gasteiger partial charge in [-0.05, 0) is 42.5 Å². The van der Waals surface area contributed by atoms with Crippen molar-refractivity contribution in [3.63, 3.8) is 0 Å². The van der Waals surface area contributed by atoms with Gasteiger partial charge in [-0.15, -0.1) is 0 Å². The van der Waals surface area contributed by atoms with Gasteiger partial charge < -0.3 is 20.1 Å². The summed E-state index contributed by atoms with van der Waals surface area (Å²) in [6.07, 6.45) is 1.69. The highest BCUT2D eigenvalue weighted by molar-refractivity contribution is 5.75. The van der Waals surface area contributed by atoms with E-state index < -0.39 is 0 Å². The Kier molecular flexibility index (Phi) is 8.03. The van der Waals surface area contributed by atoms with Gasteiger partial charge >= 0.3 is 5.97 Å². The largest absolute Gasteiger partial charge is 0.508 e. The van der Waals surface area contributed by atoms with Crippen LogP contribution in [0, 0.1) is 5.92 Å². The van der Waals surface area contributed by atoms with Crippen molar-refractivity contribution < 1.29 is 24.9 Å². The van der Waals surface area contributed by atoms with E-state index in [1.54, 1.807) is 18.2 Å². The highest BCUT2D eigenvalue weighted by Gasteiger charge is 2.21. The molecule has 28 heavy (non-hydrogen) atoms. The first kappa shape index (κ1) is 21.9. The van der Waals surface area contributed by atoms with Gasteiger partial charge in [-0.25, -0.2) is 0 Å². The van der Waals surface area contributed by atoms with Crippen molar-refractivity contribution in [2.75, 3.05) is 13.2 Å². The number of phenols is 1. The summed E-state index contributed by atoms with van der Waals surface area (Å²) in [7, 11) is 0. The number of carbonyl (C=O) groups excluding carboxylic acids is 1. The van der Waals surface area contributed by atoms with Gasteiger partial charge in [0.15, 0.2) is 0 Å². The van der Waals surface area contributed by atoms with Crippen molar-refractivity contribution in [1.29, 1.82) is 0 Å². The number of phenolic OH excluding ortho intramolecular Hbond substituents is 1. The van der Waals surface area contributed by atoms with Crippen LogP contribution in [0.2, 0.25) is 0 Å². The van der Waals surface area contributed by atoms with Gasteiger partial charge in [0.25, 0.3) is 0 Å². The third kappa shape index (κ3) is 5.33. The van der Waals surface area contributed by atoms with Crippen molar-refractivity contribution in [3.05, 3.63) is 58.7 Å². The zero-order valence-corrected chi connectivity index (χ0v) is 16.8. The fourth-order valence-electron chi connectivity index (χ4n) is 3.09. The lowest BCUT2D eigenvalue weighted by Crippen LogP contribution is -2.18.